The smallest absolute Gasteiger partial charge is 0.257 e. The van der Waals surface area contributed by atoms with Crippen molar-refractivity contribution in [1.29, 1.82) is 5.26 Å². The van der Waals surface area contributed by atoms with E-state index in [9.17, 15) is 13.2 Å². The van der Waals surface area contributed by atoms with Gasteiger partial charge in [0.25, 0.3) is 5.91 Å². The second-order valence-corrected chi connectivity index (χ2v) is 8.95. The molecule has 0 aromatic heterocycles. The lowest BCUT2D eigenvalue weighted by molar-refractivity contribution is 0.102. The van der Waals surface area contributed by atoms with Crippen LogP contribution in [0.5, 0.6) is 0 Å². The number of carbonyl (C=O) groups is 1. The molecule has 0 aliphatic carbocycles. The summed E-state index contributed by atoms with van der Waals surface area (Å²) < 4.78 is 32.8. The number of rotatable bonds is 7. The molecule has 2 aromatic rings. The number of hydrogen-bond acceptors (Lipinski definition) is 6. The van der Waals surface area contributed by atoms with Crippen LogP contribution >= 0.6 is 0 Å². The van der Waals surface area contributed by atoms with E-state index in [0.717, 1.165) is 0 Å². The van der Waals surface area contributed by atoms with Crippen LogP contribution in [0.25, 0.3) is 0 Å². The minimum absolute atomic E-state index is 0.0817. The largest absolute Gasteiger partial charge is 0.378 e. The third-order valence-corrected chi connectivity index (χ3v) is 7.23. The Balaban J connectivity index is 2.00. The molecular weight excluding hydrogens is 416 g/mol. The molecule has 1 aliphatic heterocycles. The van der Waals surface area contributed by atoms with E-state index in [0.29, 0.717) is 56.3 Å². The second-order valence-electron chi connectivity index (χ2n) is 7.01. The van der Waals surface area contributed by atoms with Gasteiger partial charge in [-0.25, -0.2) is 8.42 Å². The fraction of sp³-hybridized carbons (Fsp3) is 0.364. The van der Waals surface area contributed by atoms with Gasteiger partial charge in [0.2, 0.25) is 10.0 Å². The highest BCUT2D eigenvalue weighted by molar-refractivity contribution is 7.89. The van der Waals surface area contributed by atoms with Crippen molar-refractivity contribution in [2.24, 2.45) is 0 Å². The molecule has 1 heterocycles. The Morgan fingerprint density at radius 2 is 1.77 bits per heavy atom. The summed E-state index contributed by atoms with van der Waals surface area (Å²) in [7, 11) is -3.71. The summed E-state index contributed by atoms with van der Waals surface area (Å²) in [5.74, 6) is -0.414. The first-order valence-corrected chi connectivity index (χ1v) is 11.6. The number of nitrogens with zero attached hydrogens (tertiary/aromatic N) is 3. The lowest BCUT2D eigenvalue weighted by Crippen LogP contribution is -2.37. The van der Waals surface area contributed by atoms with Crippen LogP contribution in [0, 0.1) is 11.3 Å². The van der Waals surface area contributed by atoms with Gasteiger partial charge in [0.05, 0.1) is 35.3 Å². The van der Waals surface area contributed by atoms with Crippen LogP contribution in [0.15, 0.2) is 47.4 Å². The van der Waals surface area contributed by atoms with Crippen LogP contribution in [-0.4, -0.2) is 58.0 Å². The zero-order chi connectivity index (χ0) is 22.4. The Bertz CT molecular complexity index is 1070. The van der Waals surface area contributed by atoms with Crippen molar-refractivity contribution in [3.8, 4) is 6.07 Å². The number of hydrogen-bond donors (Lipinski definition) is 1. The highest BCUT2D eigenvalue weighted by atomic mass is 32.2. The van der Waals surface area contributed by atoms with Gasteiger partial charge in [-0.1, -0.05) is 13.8 Å². The Morgan fingerprint density at radius 3 is 2.35 bits per heavy atom. The number of amides is 1. The van der Waals surface area contributed by atoms with Crippen molar-refractivity contribution in [3.63, 3.8) is 0 Å². The molecule has 1 aliphatic rings. The minimum Gasteiger partial charge on any atom is -0.378 e. The number of nitriles is 1. The van der Waals surface area contributed by atoms with Gasteiger partial charge in [-0.15, -0.1) is 0 Å². The Morgan fingerprint density at radius 1 is 1.13 bits per heavy atom. The van der Waals surface area contributed by atoms with Crippen LogP contribution in [0.2, 0.25) is 0 Å². The predicted molar refractivity (Wildman–Crippen MR) is 119 cm³/mol. The van der Waals surface area contributed by atoms with E-state index in [2.05, 4.69) is 5.32 Å². The van der Waals surface area contributed by atoms with Crippen LogP contribution in [-0.2, 0) is 14.8 Å². The number of sulfonamides is 1. The first kappa shape index (κ1) is 22.7. The molecule has 0 radical (unpaired) electrons. The monoisotopic (exact) mass is 442 g/mol. The molecule has 8 nitrogen and oxygen atoms in total. The topological polar surface area (TPSA) is 103 Å². The summed E-state index contributed by atoms with van der Waals surface area (Å²) in [6, 6.07) is 13.2. The Kier molecular flexibility index (Phi) is 7.28. The van der Waals surface area contributed by atoms with E-state index in [4.69, 9.17) is 10.00 Å². The fourth-order valence-corrected chi connectivity index (χ4v) is 4.96. The lowest BCUT2D eigenvalue weighted by atomic mass is 10.1. The highest BCUT2D eigenvalue weighted by Crippen LogP contribution is 2.27. The average molecular weight is 443 g/mol. The van der Waals surface area contributed by atoms with E-state index in [1.54, 1.807) is 50.2 Å². The Hall–Kier alpha value is -2.93. The number of ether oxygens (including phenoxy) is 1. The molecule has 0 unspecified atom stereocenters. The second kappa shape index (κ2) is 9.92. The maximum absolute atomic E-state index is 13.2. The number of anilines is 2. The molecule has 1 amide bonds. The number of benzene rings is 2. The number of morpholine rings is 1. The maximum Gasteiger partial charge on any atom is 0.257 e. The molecule has 0 spiro atoms. The van der Waals surface area contributed by atoms with E-state index in [1.165, 1.54) is 10.4 Å². The first-order valence-electron chi connectivity index (χ1n) is 10.2. The van der Waals surface area contributed by atoms with Gasteiger partial charge >= 0.3 is 0 Å². The zero-order valence-electron chi connectivity index (χ0n) is 17.7. The standard InChI is InChI=1S/C22H26N4O4S/c1-3-26(4-2)31(28,29)19-9-10-21(25-11-13-30-14-12-25)20(15-19)22(27)24-18-7-5-17(16-23)6-8-18/h5-10,15H,3-4,11-14H2,1-2H3,(H,24,27). The van der Waals surface area contributed by atoms with Crippen LogP contribution in [0.4, 0.5) is 11.4 Å². The number of carbonyl (C=O) groups excluding carboxylic acids is 1. The molecular formula is C22H26N4O4S. The Labute approximate surface area is 183 Å². The normalized spacial score (nSPS) is 14.3. The zero-order valence-corrected chi connectivity index (χ0v) is 18.5. The molecule has 164 valence electrons. The molecule has 0 saturated carbocycles. The van der Waals surface area contributed by atoms with E-state index in [1.807, 2.05) is 11.0 Å². The van der Waals surface area contributed by atoms with Gasteiger partial charge in [0, 0.05) is 37.6 Å². The van der Waals surface area contributed by atoms with E-state index >= 15 is 0 Å². The van der Waals surface area contributed by atoms with Gasteiger partial charge in [-0.05, 0) is 42.5 Å². The minimum atomic E-state index is -3.71. The van der Waals surface area contributed by atoms with Crippen molar-refractivity contribution in [1.82, 2.24) is 4.31 Å². The molecule has 1 fully saturated rings. The van der Waals surface area contributed by atoms with E-state index in [-0.39, 0.29) is 10.5 Å². The van der Waals surface area contributed by atoms with E-state index < -0.39 is 15.9 Å². The van der Waals surface area contributed by atoms with Gasteiger partial charge in [0.1, 0.15) is 0 Å². The summed E-state index contributed by atoms with van der Waals surface area (Å²) in [6.45, 7) is 6.54. The molecule has 1 saturated heterocycles. The molecule has 9 heteroatoms. The molecule has 3 rings (SSSR count). The maximum atomic E-state index is 13.2. The third kappa shape index (κ3) is 5.05. The fourth-order valence-electron chi connectivity index (χ4n) is 3.48. The predicted octanol–water partition coefficient (Wildman–Crippen LogP) is 2.68. The average Bonchev–Trinajstić information content (AvgIpc) is 2.80. The van der Waals surface area contributed by atoms with Gasteiger partial charge in [0.15, 0.2) is 0 Å². The summed E-state index contributed by atoms with van der Waals surface area (Å²) in [4.78, 5) is 15.3. The summed E-state index contributed by atoms with van der Waals surface area (Å²) >= 11 is 0. The van der Waals surface area contributed by atoms with Crippen LogP contribution < -0.4 is 10.2 Å². The van der Waals surface area contributed by atoms with Crippen LogP contribution in [0.1, 0.15) is 29.8 Å². The lowest BCUT2D eigenvalue weighted by Gasteiger charge is -2.30. The SMILES string of the molecule is CCN(CC)S(=O)(=O)c1ccc(N2CCOCC2)c(C(=O)Nc2ccc(C#N)cc2)c1. The van der Waals surface area contributed by atoms with Crippen molar-refractivity contribution in [2.45, 2.75) is 18.7 Å². The molecule has 0 atom stereocenters. The van der Waals surface area contributed by atoms with Crippen molar-refractivity contribution in [2.75, 3.05) is 49.6 Å². The molecule has 2 aromatic carbocycles. The molecule has 31 heavy (non-hydrogen) atoms. The third-order valence-electron chi connectivity index (χ3n) is 5.18. The van der Waals surface area contributed by atoms with Gasteiger partial charge < -0.3 is 15.0 Å². The molecule has 0 bridgehead atoms. The summed E-state index contributed by atoms with van der Waals surface area (Å²) in [5.41, 5.74) is 1.95. The van der Waals surface area contributed by atoms with Crippen molar-refractivity contribution >= 4 is 27.3 Å². The van der Waals surface area contributed by atoms with Crippen molar-refractivity contribution < 1.29 is 17.9 Å². The van der Waals surface area contributed by atoms with Crippen molar-refractivity contribution in [3.05, 3.63) is 53.6 Å². The quantitative estimate of drug-likeness (QED) is 0.707. The van der Waals surface area contributed by atoms with Gasteiger partial charge in [-0.2, -0.15) is 9.57 Å². The van der Waals surface area contributed by atoms with Gasteiger partial charge in [-0.3, -0.25) is 4.79 Å². The first-order chi connectivity index (χ1) is 14.9. The summed E-state index contributed by atoms with van der Waals surface area (Å²) in [6.07, 6.45) is 0. The van der Waals surface area contributed by atoms with Crippen LogP contribution in [0.3, 0.4) is 0 Å². The number of nitrogens with one attached hydrogen (secondary N) is 1. The summed E-state index contributed by atoms with van der Waals surface area (Å²) in [5, 5.41) is 11.8. The highest BCUT2D eigenvalue weighted by Gasteiger charge is 2.26. The molecule has 1 N–H and O–H groups in total.